The summed E-state index contributed by atoms with van der Waals surface area (Å²) in [4.78, 5) is 18.3. The molecule has 4 rings (SSSR count). The molecule has 0 aliphatic carbocycles. The van der Waals surface area contributed by atoms with Gasteiger partial charge in [0, 0.05) is 43.0 Å². The van der Waals surface area contributed by atoms with Crippen LogP contribution in [0.25, 0.3) is 11.4 Å². The van der Waals surface area contributed by atoms with Crippen LogP contribution < -0.4 is 5.32 Å². The summed E-state index contributed by atoms with van der Waals surface area (Å²) in [5.74, 6) is 1.22. The van der Waals surface area contributed by atoms with Gasteiger partial charge in [-0.25, -0.2) is 0 Å². The summed E-state index contributed by atoms with van der Waals surface area (Å²) in [6, 6.07) is 16.1. The zero-order valence-corrected chi connectivity index (χ0v) is 22.4. The topological polar surface area (TPSA) is 91.5 Å². The Morgan fingerprint density at radius 1 is 1.17 bits per heavy atom. The van der Waals surface area contributed by atoms with Crippen LogP contribution in [0.5, 0.6) is 0 Å². The van der Waals surface area contributed by atoms with Crippen molar-refractivity contribution in [2.45, 2.75) is 65.0 Å². The zero-order valence-electron chi connectivity index (χ0n) is 22.4. The van der Waals surface area contributed by atoms with E-state index in [0.717, 1.165) is 29.8 Å². The predicted octanol–water partition coefficient (Wildman–Crippen LogP) is 4.50. The van der Waals surface area contributed by atoms with Crippen molar-refractivity contribution in [2.24, 2.45) is 5.41 Å². The second-order valence-electron chi connectivity index (χ2n) is 11.6. The fourth-order valence-electron chi connectivity index (χ4n) is 5.57. The molecule has 1 aromatic heterocycles. The Kier molecular flexibility index (Phi) is 6.84. The van der Waals surface area contributed by atoms with E-state index in [-0.39, 0.29) is 11.3 Å². The average Bonchev–Trinajstić information content (AvgIpc) is 3.24. The van der Waals surface area contributed by atoms with Crippen molar-refractivity contribution in [1.29, 1.82) is 0 Å². The molecule has 0 radical (unpaired) electrons. The van der Waals surface area contributed by atoms with E-state index in [0.29, 0.717) is 24.1 Å². The van der Waals surface area contributed by atoms with Crippen molar-refractivity contribution < 1.29 is 14.4 Å². The normalized spacial score (nSPS) is 17.5. The van der Waals surface area contributed by atoms with Crippen LogP contribution in [0.1, 0.15) is 70.0 Å². The van der Waals surface area contributed by atoms with Gasteiger partial charge in [0.1, 0.15) is 5.60 Å². The second kappa shape index (κ2) is 9.45. The number of amides is 1. The van der Waals surface area contributed by atoms with Crippen molar-refractivity contribution in [2.75, 3.05) is 20.1 Å². The molecule has 1 atom stereocenters. The Balaban J connectivity index is 1.70. The first-order valence-electron chi connectivity index (χ1n) is 12.6. The Labute approximate surface area is 213 Å². The quantitative estimate of drug-likeness (QED) is 0.483. The van der Waals surface area contributed by atoms with Gasteiger partial charge in [-0.2, -0.15) is 4.98 Å². The molecule has 7 heteroatoms. The van der Waals surface area contributed by atoms with E-state index in [1.807, 2.05) is 38.1 Å². The summed E-state index contributed by atoms with van der Waals surface area (Å²) < 4.78 is 5.51. The summed E-state index contributed by atoms with van der Waals surface area (Å²) in [6.07, 6.45) is 0.413. The van der Waals surface area contributed by atoms with E-state index in [4.69, 9.17) is 4.52 Å². The third-order valence-electron chi connectivity index (χ3n) is 7.22. The van der Waals surface area contributed by atoms with Gasteiger partial charge in [-0.3, -0.25) is 4.79 Å². The number of carbonyl (C=O) groups excluding carboxylic acids is 1. The Morgan fingerprint density at radius 2 is 1.83 bits per heavy atom. The number of aromatic nitrogens is 2. The number of hydrogen-bond acceptors (Lipinski definition) is 6. The summed E-state index contributed by atoms with van der Waals surface area (Å²) in [5, 5.41) is 19.6. The highest BCUT2D eigenvalue weighted by molar-refractivity contribution is 5.73. The van der Waals surface area contributed by atoms with Crippen LogP contribution in [0.15, 0.2) is 53.1 Å². The van der Waals surface area contributed by atoms with Gasteiger partial charge in [-0.1, -0.05) is 68.4 Å². The molecule has 0 bridgehead atoms. The summed E-state index contributed by atoms with van der Waals surface area (Å²) in [5.41, 5.74) is 1.64. The monoisotopic (exact) mass is 490 g/mol. The molecule has 3 aromatic rings. The summed E-state index contributed by atoms with van der Waals surface area (Å²) in [7, 11) is 2.07. The fraction of sp³-hybridized carbons (Fsp3) is 0.483. The van der Waals surface area contributed by atoms with Crippen molar-refractivity contribution in [3.05, 3.63) is 71.1 Å². The maximum Gasteiger partial charge on any atom is 0.229 e. The highest BCUT2D eigenvalue weighted by atomic mass is 16.5. The van der Waals surface area contributed by atoms with Crippen molar-refractivity contribution >= 4 is 5.91 Å². The lowest BCUT2D eigenvalue weighted by molar-refractivity contribution is -0.127. The molecule has 2 N–H and O–H groups in total. The summed E-state index contributed by atoms with van der Waals surface area (Å²) in [6.45, 7) is 13.4. The van der Waals surface area contributed by atoms with Gasteiger partial charge in [0.2, 0.25) is 17.6 Å². The number of benzene rings is 2. The average molecular weight is 491 g/mol. The molecule has 1 saturated heterocycles. The SMILES string of the molecule is CC(=O)NC(C)(C)Cc1nc(-c2cccc([C@@](O)(c3ccc(C(C)C)cc3)C3(C)CN(C)C3)c2)no1. The molecule has 1 fully saturated rings. The van der Waals surface area contributed by atoms with Crippen LogP contribution in [0, 0.1) is 5.41 Å². The van der Waals surface area contributed by atoms with E-state index in [1.165, 1.54) is 12.5 Å². The molecule has 0 spiro atoms. The predicted molar refractivity (Wildman–Crippen MR) is 140 cm³/mol. The molecule has 0 saturated carbocycles. The van der Waals surface area contributed by atoms with E-state index in [9.17, 15) is 9.90 Å². The minimum absolute atomic E-state index is 0.108. The Bertz CT molecular complexity index is 1230. The van der Waals surface area contributed by atoms with Crippen LogP contribution >= 0.6 is 0 Å². The lowest BCUT2D eigenvalue weighted by Gasteiger charge is -2.56. The number of aliphatic hydroxyl groups is 1. The number of hydrogen-bond donors (Lipinski definition) is 2. The number of rotatable bonds is 8. The molecule has 2 heterocycles. The molecule has 36 heavy (non-hydrogen) atoms. The smallest absolute Gasteiger partial charge is 0.229 e. The van der Waals surface area contributed by atoms with Crippen LogP contribution in [-0.4, -0.2) is 51.7 Å². The lowest BCUT2D eigenvalue weighted by atomic mass is 9.62. The maximum atomic E-state index is 12.5. The minimum atomic E-state index is -1.19. The second-order valence-corrected chi connectivity index (χ2v) is 11.6. The van der Waals surface area contributed by atoms with Crippen LogP contribution in [-0.2, 0) is 16.8 Å². The van der Waals surface area contributed by atoms with Crippen molar-refractivity contribution in [3.63, 3.8) is 0 Å². The van der Waals surface area contributed by atoms with Crippen molar-refractivity contribution in [1.82, 2.24) is 20.4 Å². The van der Waals surface area contributed by atoms with E-state index in [2.05, 4.69) is 72.4 Å². The number of likely N-dealkylation sites (tertiary alicyclic amines) is 1. The first kappa shape index (κ1) is 26.0. The highest BCUT2D eigenvalue weighted by Crippen LogP contribution is 2.50. The maximum absolute atomic E-state index is 12.5. The van der Waals surface area contributed by atoms with Crippen LogP contribution in [0.2, 0.25) is 0 Å². The van der Waals surface area contributed by atoms with E-state index < -0.39 is 11.1 Å². The molecule has 7 nitrogen and oxygen atoms in total. The number of nitrogens with one attached hydrogen (secondary N) is 1. The minimum Gasteiger partial charge on any atom is -0.380 e. The van der Waals surface area contributed by atoms with Gasteiger partial charge >= 0.3 is 0 Å². The zero-order chi connectivity index (χ0) is 26.3. The number of nitrogens with zero attached hydrogens (tertiary/aromatic N) is 3. The van der Waals surface area contributed by atoms with Crippen LogP contribution in [0.4, 0.5) is 0 Å². The molecular formula is C29H38N4O3. The van der Waals surface area contributed by atoms with Crippen LogP contribution in [0.3, 0.4) is 0 Å². The third-order valence-corrected chi connectivity index (χ3v) is 7.22. The van der Waals surface area contributed by atoms with E-state index in [1.54, 1.807) is 0 Å². The largest absolute Gasteiger partial charge is 0.380 e. The molecule has 1 aliphatic heterocycles. The fourth-order valence-corrected chi connectivity index (χ4v) is 5.57. The van der Waals surface area contributed by atoms with Gasteiger partial charge < -0.3 is 19.8 Å². The van der Waals surface area contributed by atoms with Crippen molar-refractivity contribution in [3.8, 4) is 11.4 Å². The highest BCUT2D eigenvalue weighted by Gasteiger charge is 2.55. The van der Waals surface area contributed by atoms with Gasteiger partial charge in [0.25, 0.3) is 0 Å². The lowest BCUT2D eigenvalue weighted by Crippen LogP contribution is -2.63. The Hall–Kier alpha value is -3.03. The Morgan fingerprint density at radius 3 is 2.42 bits per heavy atom. The molecule has 192 valence electrons. The first-order chi connectivity index (χ1) is 16.8. The van der Waals surface area contributed by atoms with Gasteiger partial charge in [0.15, 0.2) is 0 Å². The van der Waals surface area contributed by atoms with Gasteiger partial charge in [-0.15, -0.1) is 0 Å². The molecule has 0 unspecified atom stereocenters. The molecule has 1 aliphatic rings. The van der Waals surface area contributed by atoms with E-state index >= 15 is 0 Å². The van der Waals surface area contributed by atoms with Gasteiger partial charge in [-0.05, 0) is 49.6 Å². The number of carbonyl (C=O) groups is 1. The molecule has 2 aromatic carbocycles. The standard InChI is InChI=1S/C29H38N4O3/c1-19(2)21-11-13-23(14-12-21)29(35,28(6)17-33(7)18-28)24-10-8-9-22(15-24)26-30-25(36-32-26)16-27(4,5)31-20(3)34/h8-15,19,35H,16-18H2,1-7H3,(H,31,34)/t29-/m0/s1. The molecule has 1 amide bonds. The van der Waals surface area contributed by atoms with Gasteiger partial charge in [0.05, 0.1) is 0 Å². The summed E-state index contributed by atoms with van der Waals surface area (Å²) >= 11 is 0. The first-order valence-corrected chi connectivity index (χ1v) is 12.6. The molecular weight excluding hydrogens is 452 g/mol. The third kappa shape index (κ3) is 4.95.